The van der Waals surface area contributed by atoms with Crippen LogP contribution in [0, 0.1) is 0 Å². The molecule has 4 heteroatoms. The van der Waals surface area contributed by atoms with E-state index in [1.54, 1.807) is 22.8 Å². The first-order valence-corrected chi connectivity index (χ1v) is 15.1. The number of benzene rings is 7. The third-order valence-corrected chi connectivity index (χ3v) is 8.24. The van der Waals surface area contributed by atoms with E-state index in [1.807, 2.05) is 97.1 Å². The second kappa shape index (κ2) is 11.2. The molecule has 220 valence electrons. The number of rotatable bonds is 5. The first-order valence-electron chi connectivity index (χ1n) is 19.6. The van der Waals surface area contributed by atoms with E-state index in [1.165, 1.54) is 0 Å². The maximum Gasteiger partial charge on any atom is 0.164 e. The molecular weight excluding hydrogens is 573 g/mol. The SMILES string of the molecule is [2H]c1c([2H])c([2H])c(-c2ccc3c(c2)c2c([2H])c([2H])c([2H])c([2H])c2n3-c2cccc3cc(-c4nc(-c5ccccc5)nc(-c5ccccc5)n4)ccc23)c([2H])c1[2H]. The van der Waals surface area contributed by atoms with E-state index in [9.17, 15) is 0 Å². The Balaban J connectivity index is 1.27. The van der Waals surface area contributed by atoms with E-state index in [0.717, 1.165) is 27.5 Å². The van der Waals surface area contributed by atoms with Crippen LogP contribution in [0.3, 0.4) is 0 Å². The van der Waals surface area contributed by atoms with Crippen molar-refractivity contribution in [2.45, 2.75) is 0 Å². The van der Waals surface area contributed by atoms with E-state index in [0.29, 0.717) is 39.6 Å². The molecule has 2 aromatic heterocycles. The summed E-state index contributed by atoms with van der Waals surface area (Å²) in [7, 11) is 0. The Labute approximate surface area is 284 Å². The Bertz CT molecular complexity index is 2990. The zero-order valence-electron chi connectivity index (χ0n) is 33.8. The molecule has 0 atom stereocenters. The van der Waals surface area contributed by atoms with Crippen LogP contribution in [-0.4, -0.2) is 19.5 Å². The molecular formula is C43H28N4. The van der Waals surface area contributed by atoms with E-state index in [4.69, 9.17) is 27.3 Å². The average Bonchev–Trinajstić information content (AvgIpc) is 3.58. The van der Waals surface area contributed by atoms with Gasteiger partial charge in [0.15, 0.2) is 17.5 Å². The van der Waals surface area contributed by atoms with E-state index in [-0.39, 0.29) is 40.6 Å². The minimum absolute atomic E-state index is 0.00139. The van der Waals surface area contributed by atoms with Gasteiger partial charge in [-0.2, -0.15) is 0 Å². The van der Waals surface area contributed by atoms with Crippen molar-refractivity contribution in [2.24, 2.45) is 0 Å². The summed E-state index contributed by atoms with van der Waals surface area (Å²) in [5, 5.41) is 2.31. The molecule has 0 radical (unpaired) electrons. The van der Waals surface area contributed by atoms with Crippen molar-refractivity contribution in [3.8, 4) is 51.0 Å². The van der Waals surface area contributed by atoms with Crippen LogP contribution < -0.4 is 0 Å². The highest BCUT2D eigenvalue weighted by Crippen LogP contribution is 2.37. The van der Waals surface area contributed by atoms with Gasteiger partial charge in [0.05, 0.1) is 29.1 Å². The lowest BCUT2D eigenvalue weighted by molar-refractivity contribution is 1.07. The predicted molar refractivity (Wildman–Crippen MR) is 193 cm³/mol. The molecule has 9 aromatic rings. The Hall–Kier alpha value is -6.39. The van der Waals surface area contributed by atoms with Crippen LogP contribution in [0.1, 0.15) is 12.3 Å². The summed E-state index contributed by atoms with van der Waals surface area (Å²) in [5.74, 6) is 1.55. The van der Waals surface area contributed by atoms with Gasteiger partial charge < -0.3 is 4.57 Å². The maximum absolute atomic E-state index is 9.09. The second-order valence-electron chi connectivity index (χ2n) is 11.0. The van der Waals surface area contributed by atoms with Gasteiger partial charge in [-0.3, -0.25) is 0 Å². The highest BCUT2D eigenvalue weighted by atomic mass is 15.0. The monoisotopic (exact) mass is 609 g/mol. The van der Waals surface area contributed by atoms with Gasteiger partial charge in [-0.25, -0.2) is 15.0 Å². The lowest BCUT2D eigenvalue weighted by Gasteiger charge is -2.13. The predicted octanol–water partition coefficient (Wildman–Crippen LogP) is 10.8. The maximum atomic E-state index is 9.09. The molecule has 0 bridgehead atoms. The lowest BCUT2D eigenvalue weighted by Crippen LogP contribution is -2.00. The largest absolute Gasteiger partial charge is 0.309 e. The summed E-state index contributed by atoms with van der Waals surface area (Å²) in [6, 6.07) is 32.6. The van der Waals surface area contributed by atoms with Gasteiger partial charge in [0, 0.05) is 32.8 Å². The van der Waals surface area contributed by atoms with E-state index >= 15 is 0 Å². The molecule has 9 rings (SSSR count). The summed E-state index contributed by atoms with van der Waals surface area (Å²) < 4.78 is 78.8. The Morgan fingerprint density at radius 1 is 0.404 bits per heavy atom. The van der Waals surface area contributed by atoms with E-state index in [2.05, 4.69) is 0 Å². The molecule has 2 heterocycles. The Morgan fingerprint density at radius 2 is 1.04 bits per heavy atom. The van der Waals surface area contributed by atoms with Crippen molar-refractivity contribution in [1.82, 2.24) is 19.5 Å². The van der Waals surface area contributed by atoms with Gasteiger partial charge in [-0.05, 0) is 46.8 Å². The molecule has 0 N–H and O–H groups in total. The standard InChI is InChI=1S/C43H28N4/c1-4-13-29(14-5-1)32-24-26-40-37(28-32)36-20-10-11-21-39(36)47(40)38-22-12-19-33-27-34(23-25-35(33)38)43-45-41(30-15-6-2-7-16-30)44-42(46-43)31-17-8-3-9-18-31/h1-28H/i1D,4D,5D,10D,11D,13D,14D,20D,21D. The number of nitrogens with zero attached hydrogens (tertiary/aromatic N) is 4. The van der Waals surface area contributed by atoms with Gasteiger partial charge in [0.25, 0.3) is 0 Å². The van der Waals surface area contributed by atoms with Gasteiger partial charge in [-0.1, -0.05) is 139 Å². The number of hydrogen-bond donors (Lipinski definition) is 0. The van der Waals surface area contributed by atoms with Crippen molar-refractivity contribution in [1.29, 1.82) is 0 Å². The fourth-order valence-corrected chi connectivity index (χ4v) is 6.06. The zero-order chi connectivity index (χ0) is 39.0. The van der Waals surface area contributed by atoms with Crippen molar-refractivity contribution in [2.75, 3.05) is 0 Å². The van der Waals surface area contributed by atoms with Crippen LogP contribution >= 0.6 is 0 Å². The number of para-hydroxylation sites is 1. The Morgan fingerprint density at radius 3 is 1.77 bits per heavy atom. The topological polar surface area (TPSA) is 43.6 Å². The molecule has 0 amide bonds. The molecule has 0 aliphatic carbocycles. The highest BCUT2D eigenvalue weighted by molar-refractivity contribution is 6.11. The summed E-state index contributed by atoms with van der Waals surface area (Å²) in [5.41, 5.74) is 4.23. The van der Waals surface area contributed by atoms with Gasteiger partial charge in [0.1, 0.15) is 0 Å². The molecule has 0 aliphatic heterocycles. The van der Waals surface area contributed by atoms with Crippen LogP contribution in [0.25, 0.3) is 83.6 Å². The number of aromatic nitrogens is 4. The van der Waals surface area contributed by atoms with Gasteiger partial charge in [-0.15, -0.1) is 0 Å². The fraction of sp³-hybridized carbons (Fsp3) is 0. The van der Waals surface area contributed by atoms with E-state index < -0.39 is 30.2 Å². The lowest BCUT2D eigenvalue weighted by atomic mass is 10.0. The summed E-state index contributed by atoms with van der Waals surface area (Å²) >= 11 is 0. The van der Waals surface area contributed by atoms with Crippen molar-refractivity contribution in [3.05, 3.63) is 170 Å². The highest BCUT2D eigenvalue weighted by Gasteiger charge is 2.17. The third-order valence-electron chi connectivity index (χ3n) is 8.24. The van der Waals surface area contributed by atoms with Crippen molar-refractivity contribution < 1.29 is 12.3 Å². The molecule has 4 nitrogen and oxygen atoms in total. The molecule has 0 unspecified atom stereocenters. The molecule has 0 aliphatic rings. The minimum Gasteiger partial charge on any atom is -0.309 e. The second-order valence-corrected chi connectivity index (χ2v) is 11.0. The van der Waals surface area contributed by atoms with Crippen LogP contribution in [0.5, 0.6) is 0 Å². The minimum atomic E-state index is -0.501. The normalized spacial score (nSPS) is 14.1. The molecule has 7 aromatic carbocycles. The average molecular weight is 610 g/mol. The number of fused-ring (bicyclic) bond motifs is 4. The van der Waals surface area contributed by atoms with Gasteiger partial charge >= 0.3 is 0 Å². The third kappa shape index (κ3) is 4.75. The summed E-state index contributed by atoms with van der Waals surface area (Å²) in [6.07, 6.45) is 0. The van der Waals surface area contributed by atoms with Crippen LogP contribution in [0.4, 0.5) is 0 Å². The molecule has 0 saturated heterocycles. The summed E-state index contributed by atoms with van der Waals surface area (Å²) in [6.45, 7) is 0. The molecule has 0 spiro atoms. The quantitative estimate of drug-likeness (QED) is 0.195. The molecule has 0 fully saturated rings. The van der Waals surface area contributed by atoms with Crippen LogP contribution in [-0.2, 0) is 0 Å². The first kappa shape index (κ1) is 19.2. The van der Waals surface area contributed by atoms with Crippen molar-refractivity contribution in [3.63, 3.8) is 0 Å². The zero-order valence-corrected chi connectivity index (χ0v) is 24.8. The van der Waals surface area contributed by atoms with Crippen molar-refractivity contribution >= 4 is 32.6 Å². The first-order chi connectivity index (χ1) is 27.0. The molecule has 47 heavy (non-hydrogen) atoms. The smallest absolute Gasteiger partial charge is 0.164 e. The number of hydrogen-bond acceptors (Lipinski definition) is 3. The van der Waals surface area contributed by atoms with Crippen LogP contribution in [0.15, 0.2) is 170 Å². The Kier molecular flexibility index (Phi) is 4.57. The van der Waals surface area contributed by atoms with Crippen LogP contribution in [0.2, 0.25) is 0 Å². The summed E-state index contributed by atoms with van der Waals surface area (Å²) in [4.78, 5) is 14.6. The van der Waals surface area contributed by atoms with Gasteiger partial charge in [0.2, 0.25) is 0 Å². The fourth-order valence-electron chi connectivity index (χ4n) is 6.06. The molecule has 0 saturated carbocycles.